The third-order valence-corrected chi connectivity index (χ3v) is 2.49. The van der Waals surface area contributed by atoms with Crippen molar-refractivity contribution in [2.45, 2.75) is 19.8 Å². The van der Waals surface area contributed by atoms with E-state index in [1.807, 2.05) is 18.2 Å². The summed E-state index contributed by atoms with van der Waals surface area (Å²) in [6, 6.07) is 0. The van der Waals surface area contributed by atoms with Crippen molar-refractivity contribution in [3.63, 3.8) is 0 Å². The fraction of sp³-hybridized carbons (Fsp3) is 0.400. The third-order valence-electron chi connectivity index (χ3n) is 2.49. The van der Waals surface area contributed by atoms with E-state index in [0.29, 0.717) is 6.42 Å². The zero-order valence-corrected chi connectivity index (χ0v) is 7.49. The van der Waals surface area contributed by atoms with E-state index < -0.39 is 0 Å². The van der Waals surface area contributed by atoms with Crippen molar-refractivity contribution in [3.8, 4) is 0 Å². The number of likely N-dealkylation sites (tertiary alicyclic amines) is 1. The second-order valence-electron chi connectivity index (χ2n) is 3.40. The van der Waals surface area contributed by atoms with Gasteiger partial charge in [-0.15, -0.1) is 0 Å². The van der Waals surface area contributed by atoms with Gasteiger partial charge in [-0.3, -0.25) is 14.5 Å². The van der Waals surface area contributed by atoms with Crippen molar-refractivity contribution in [2.24, 2.45) is 5.92 Å². The summed E-state index contributed by atoms with van der Waals surface area (Å²) in [6.45, 7) is 1.43. The molecule has 2 amide bonds. The molecule has 1 saturated heterocycles. The van der Waals surface area contributed by atoms with E-state index in [9.17, 15) is 9.59 Å². The molecule has 0 aromatic carbocycles. The number of hydrogen-bond donors (Lipinski definition) is 0. The smallest absolute Gasteiger partial charge is 0.234 e. The fourth-order valence-corrected chi connectivity index (χ4v) is 1.91. The van der Waals surface area contributed by atoms with Gasteiger partial charge in [-0.1, -0.05) is 12.2 Å². The van der Waals surface area contributed by atoms with Gasteiger partial charge in [0.05, 0.1) is 0 Å². The zero-order chi connectivity index (χ0) is 9.42. The SMILES string of the molecule is CC(=O)N1C(=O)CC2CC=CC=C21. The van der Waals surface area contributed by atoms with Crippen LogP contribution in [0, 0.1) is 5.92 Å². The topological polar surface area (TPSA) is 37.4 Å². The molecule has 1 unspecified atom stereocenters. The maximum absolute atomic E-state index is 11.4. The number of nitrogens with zero attached hydrogens (tertiary/aromatic N) is 1. The van der Waals surface area contributed by atoms with Crippen LogP contribution >= 0.6 is 0 Å². The van der Waals surface area contributed by atoms with Crippen molar-refractivity contribution in [2.75, 3.05) is 0 Å². The molecular weight excluding hydrogens is 166 g/mol. The third kappa shape index (κ3) is 1.20. The standard InChI is InChI=1S/C10H11NO2/c1-7(12)11-9-5-3-2-4-8(9)6-10(11)13/h2-3,5,8H,4,6H2,1H3. The van der Waals surface area contributed by atoms with E-state index >= 15 is 0 Å². The van der Waals surface area contributed by atoms with Gasteiger partial charge in [0.2, 0.25) is 11.8 Å². The van der Waals surface area contributed by atoms with E-state index in [-0.39, 0.29) is 17.7 Å². The Morgan fingerprint density at radius 1 is 1.62 bits per heavy atom. The summed E-state index contributed by atoms with van der Waals surface area (Å²) in [7, 11) is 0. The summed E-state index contributed by atoms with van der Waals surface area (Å²) in [5.41, 5.74) is 0.875. The van der Waals surface area contributed by atoms with E-state index in [4.69, 9.17) is 0 Å². The summed E-state index contributed by atoms with van der Waals surface area (Å²) in [5, 5.41) is 0. The Morgan fingerprint density at radius 3 is 3.08 bits per heavy atom. The van der Waals surface area contributed by atoms with E-state index in [2.05, 4.69) is 0 Å². The molecule has 1 fully saturated rings. The lowest BCUT2D eigenvalue weighted by Gasteiger charge is -2.17. The Hall–Kier alpha value is -1.38. The van der Waals surface area contributed by atoms with Crippen molar-refractivity contribution >= 4 is 11.8 Å². The van der Waals surface area contributed by atoms with E-state index in [1.54, 1.807) is 0 Å². The number of allylic oxidation sites excluding steroid dienone is 4. The molecule has 1 aliphatic heterocycles. The lowest BCUT2D eigenvalue weighted by atomic mass is 9.97. The van der Waals surface area contributed by atoms with Gasteiger partial charge in [-0.25, -0.2) is 0 Å². The van der Waals surface area contributed by atoms with Gasteiger partial charge in [-0.05, 0) is 12.5 Å². The quantitative estimate of drug-likeness (QED) is 0.558. The predicted molar refractivity (Wildman–Crippen MR) is 47.5 cm³/mol. The minimum Gasteiger partial charge on any atom is -0.274 e. The average Bonchev–Trinajstić information content (AvgIpc) is 2.39. The number of hydrogen-bond acceptors (Lipinski definition) is 2. The molecule has 0 saturated carbocycles. The van der Waals surface area contributed by atoms with Crippen LogP contribution in [-0.4, -0.2) is 16.7 Å². The fourth-order valence-electron chi connectivity index (χ4n) is 1.91. The molecule has 0 spiro atoms. The maximum Gasteiger partial charge on any atom is 0.234 e. The Labute approximate surface area is 76.7 Å². The lowest BCUT2D eigenvalue weighted by molar-refractivity contribution is -0.138. The van der Waals surface area contributed by atoms with Crippen LogP contribution in [0.3, 0.4) is 0 Å². The minimum absolute atomic E-state index is 0.0625. The van der Waals surface area contributed by atoms with Gasteiger partial charge in [0.25, 0.3) is 0 Å². The molecule has 13 heavy (non-hydrogen) atoms. The normalized spacial score (nSPS) is 25.9. The monoisotopic (exact) mass is 177 g/mol. The predicted octanol–water partition coefficient (Wildman–Crippen LogP) is 1.23. The molecule has 68 valence electrons. The average molecular weight is 177 g/mol. The van der Waals surface area contributed by atoms with Crippen LogP contribution in [0.25, 0.3) is 0 Å². The van der Waals surface area contributed by atoms with Crippen LogP contribution < -0.4 is 0 Å². The van der Waals surface area contributed by atoms with Gasteiger partial charge >= 0.3 is 0 Å². The molecule has 3 nitrogen and oxygen atoms in total. The number of amides is 2. The largest absolute Gasteiger partial charge is 0.274 e. The van der Waals surface area contributed by atoms with Crippen LogP contribution in [0.15, 0.2) is 23.9 Å². The Morgan fingerprint density at radius 2 is 2.38 bits per heavy atom. The molecule has 1 atom stereocenters. The molecular formula is C10H11NO2. The molecule has 1 aliphatic carbocycles. The summed E-state index contributed by atoms with van der Waals surface area (Å²) >= 11 is 0. The van der Waals surface area contributed by atoms with Crippen LogP contribution in [0.1, 0.15) is 19.8 Å². The molecule has 1 heterocycles. The van der Waals surface area contributed by atoms with Gasteiger partial charge in [0.1, 0.15) is 0 Å². The number of imide groups is 1. The molecule has 2 rings (SSSR count). The summed E-state index contributed by atoms with van der Waals surface area (Å²) in [6.07, 6.45) is 7.16. The second kappa shape index (κ2) is 2.83. The first-order valence-electron chi connectivity index (χ1n) is 4.40. The van der Waals surface area contributed by atoms with Crippen LogP contribution in [0.2, 0.25) is 0 Å². The molecule has 2 aliphatic rings. The minimum atomic E-state index is -0.172. The first-order chi connectivity index (χ1) is 6.20. The highest BCUT2D eigenvalue weighted by Gasteiger charge is 2.36. The van der Waals surface area contributed by atoms with E-state index in [0.717, 1.165) is 12.1 Å². The second-order valence-corrected chi connectivity index (χ2v) is 3.40. The lowest BCUT2D eigenvalue weighted by Crippen LogP contribution is -2.28. The summed E-state index contributed by atoms with van der Waals surface area (Å²) in [4.78, 5) is 23.9. The van der Waals surface area contributed by atoms with Gasteiger partial charge in [-0.2, -0.15) is 0 Å². The van der Waals surface area contributed by atoms with Gasteiger partial charge in [0.15, 0.2) is 0 Å². The first kappa shape index (κ1) is 8.23. The van der Waals surface area contributed by atoms with E-state index in [1.165, 1.54) is 11.8 Å². The first-order valence-corrected chi connectivity index (χ1v) is 4.40. The summed E-state index contributed by atoms with van der Waals surface area (Å²) < 4.78 is 0. The van der Waals surface area contributed by atoms with Crippen LogP contribution in [-0.2, 0) is 9.59 Å². The molecule has 0 aromatic rings. The van der Waals surface area contributed by atoms with Gasteiger partial charge < -0.3 is 0 Å². The van der Waals surface area contributed by atoms with Crippen molar-refractivity contribution in [1.82, 2.24) is 4.90 Å². The van der Waals surface area contributed by atoms with Crippen LogP contribution in [0.5, 0.6) is 0 Å². The van der Waals surface area contributed by atoms with Crippen molar-refractivity contribution < 1.29 is 9.59 Å². The molecule has 0 radical (unpaired) electrons. The number of carbonyl (C=O) groups is 2. The summed E-state index contributed by atoms with van der Waals surface area (Å²) in [5.74, 6) is 0.00269. The Bertz CT molecular complexity index is 328. The molecule has 3 heteroatoms. The molecule has 0 bridgehead atoms. The van der Waals surface area contributed by atoms with Crippen molar-refractivity contribution in [1.29, 1.82) is 0 Å². The highest BCUT2D eigenvalue weighted by atomic mass is 16.2. The highest BCUT2D eigenvalue weighted by molar-refractivity contribution is 5.99. The number of carbonyl (C=O) groups excluding carboxylic acids is 2. The zero-order valence-electron chi connectivity index (χ0n) is 7.49. The number of rotatable bonds is 0. The van der Waals surface area contributed by atoms with Crippen LogP contribution in [0.4, 0.5) is 0 Å². The molecule has 0 N–H and O–H groups in total. The molecule has 0 aromatic heterocycles. The highest BCUT2D eigenvalue weighted by Crippen LogP contribution is 2.34. The number of fused-ring (bicyclic) bond motifs is 1. The maximum atomic E-state index is 11.4. The Kier molecular flexibility index (Phi) is 1.79. The van der Waals surface area contributed by atoms with Crippen molar-refractivity contribution in [3.05, 3.63) is 23.9 Å². The van der Waals surface area contributed by atoms with Gasteiger partial charge in [0, 0.05) is 25.0 Å². The Balaban J connectivity index is 2.36.